The average Bonchev–Trinajstić information content (AvgIpc) is 2.40. The first-order valence-corrected chi connectivity index (χ1v) is 6.80. The maximum absolute atomic E-state index is 12.1. The van der Waals surface area contributed by atoms with Gasteiger partial charge in [-0.1, -0.05) is 59.7 Å². The van der Waals surface area contributed by atoms with Crippen molar-refractivity contribution >= 4 is 17.4 Å². The van der Waals surface area contributed by atoms with E-state index >= 15 is 0 Å². The summed E-state index contributed by atoms with van der Waals surface area (Å²) >= 11 is 6.31. The highest BCUT2D eigenvalue weighted by Crippen LogP contribution is 2.26. The Hall–Kier alpha value is -1.60. The number of ketones is 1. The van der Waals surface area contributed by atoms with Crippen LogP contribution < -0.4 is 0 Å². The van der Waals surface area contributed by atoms with Gasteiger partial charge in [-0.15, -0.1) is 11.6 Å². The van der Waals surface area contributed by atoms with Crippen molar-refractivity contribution in [3.8, 4) is 0 Å². The van der Waals surface area contributed by atoms with Gasteiger partial charge in [-0.2, -0.15) is 0 Å². The molecule has 2 aromatic carbocycles. The largest absolute Gasteiger partial charge is 0.294 e. The maximum Gasteiger partial charge on any atom is 0.164 e. The quantitative estimate of drug-likeness (QED) is 0.574. The van der Waals surface area contributed by atoms with Crippen molar-refractivity contribution in [3.63, 3.8) is 0 Å². The van der Waals surface area contributed by atoms with E-state index in [1.807, 2.05) is 62.4 Å². The lowest BCUT2D eigenvalue weighted by Gasteiger charge is -2.09. The Morgan fingerprint density at radius 2 is 1.42 bits per heavy atom. The van der Waals surface area contributed by atoms with Gasteiger partial charge in [0, 0.05) is 12.0 Å². The molecule has 0 heterocycles. The third-order valence-electron chi connectivity index (χ3n) is 3.18. The average molecular weight is 273 g/mol. The molecular formula is C17H17ClO. The standard InChI is InChI=1S/C17H17ClO/c1-12-3-7-14(8-4-12)16(18)11-17(19)15-9-5-13(2)6-10-15/h3-10,16H,11H2,1-2H3. The van der Waals surface area contributed by atoms with Crippen molar-refractivity contribution in [2.45, 2.75) is 25.6 Å². The molecule has 0 saturated carbocycles. The number of benzene rings is 2. The van der Waals surface area contributed by atoms with E-state index in [-0.39, 0.29) is 11.2 Å². The van der Waals surface area contributed by atoms with Gasteiger partial charge in [0.05, 0.1) is 5.38 Å². The van der Waals surface area contributed by atoms with Crippen LogP contribution in [0.4, 0.5) is 0 Å². The molecule has 2 aromatic rings. The molecule has 0 aliphatic rings. The Balaban J connectivity index is 2.06. The van der Waals surface area contributed by atoms with Gasteiger partial charge < -0.3 is 0 Å². The highest BCUT2D eigenvalue weighted by Gasteiger charge is 2.14. The number of hydrogen-bond donors (Lipinski definition) is 0. The first kappa shape index (κ1) is 13.8. The number of hydrogen-bond acceptors (Lipinski definition) is 1. The van der Waals surface area contributed by atoms with E-state index in [0.717, 1.165) is 16.7 Å². The number of aryl methyl sites for hydroxylation is 2. The fourth-order valence-electron chi connectivity index (χ4n) is 1.91. The Labute approximate surface area is 119 Å². The number of carbonyl (C=O) groups is 1. The normalized spacial score (nSPS) is 12.2. The van der Waals surface area contributed by atoms with Crippen LogP contribution in [0.15, 0.2) is 48.5 Å². The molecule has 0 fully saturated rings. The molecule has 0 bridgehead atoms. The highest BCUT2D eigenvalue weighted by molar-refractivity contribution is 6.22. The Morgan fingerprint density at radius 3 is 1.95 bits per heavy atom. The fourth-order valence-corrected chi connectivity index (χ4v) is 2.20. The zero-order chi connectivity index (χ0) is 13.8. The monoisotopic (exact) mass is 272 g/mol. The summed E-state index contributed by atoms with van der Waals surface area (Å²) in [7, 11) is 0. The van der Waals surface area contributed by atoms with E-state index in [2.05, 4.69) is 0 Å². The Kier molecular flexibility index (Phi) is 4.39. The molecule has 1 atom stereocenters. The lowest BCUT2D eigenvalue weighted by Crippen LogP contribution is -2.03. The van der Waals surface area contributed by atoms with Gasteiger partial charge >= 0.3 is 0 Å². The molecule has 1 nitrogen and oxygen atoms in total. The van der Waals surface area contributed by atoms with Crippen LogP contribution in [0.5, 0.6) is 0 Å². The second kappa shape index (κ2) is 6.03. The molecule has 19 heavy (non-hydrogen) atoms. The summed E-state index contributed by atoms with van der Waals surface area (Å²) in [5.74, 6) is 0.0839. The van der Waals surface area contributed by atoms with Gasteiger partial charge in [0.15, 0.2) is 5.78 Å². The second-order valence-electron chi connectivity index (χ2n) is 4.87. The van der Waals surface area contributed by atoms with Crippen molar-refractivity contribution in [1.29, 1.82) is 0 Å². The third kappa shape index (κ3) is 3.68. The van der Waals surface area contributed by atoms with E-state index in [9.17, 15) is 4.79 Å². The molecule has 98 valence electrons. The minimum atomic E-state index is -0.269. The Morgan fingerprint density at radius 1 is 0.947 bits per heavy atom. The van der Waals surface area contributed by atoms with Crippen LogP contribution in [0.25, 0.3) is 0 Å². The van der Waals surface area contributed by atoms with Crippen molar-refractivity contribution in [3.05, 3.63) is 70.8 Å². The molecular weight excluding hydrogens is 256 g/mol. The van der Waals surface area contributed by atoms with E-state index in [1.54, 1.807) is 0 Å². The summed E-state index contributed by atoms with van der Waals surface area (Å²) in [6.07, 6.45) is 0.327. The minimum Gasteiger partial charge on any atom is -0.294 e. The highest BCUT2D eigenvalue weighted by atomic mass is 35.5. The van der Waals surface area contributed by atoms with E-state index in [1.165, 1.54) is 5.56 Å². The summed E-state index contributed by atoms with van der Waals surface area (Å²) in [6.45, 7) is 4.04. The van der Waals surface area contributed by atoms with Crippen LogP contribution in [-0.4, -0.2) is 5.78 Å². The third-order valence-corrected chi connectivity index (χ3v) is 3.58. The molecule has 0 aliphatic carbocycles. The molecule has 1 unspecified atom stereocenters. The van der Waals surface area contributed by atoms with Crippen LogP contribution >= 0.6 is 11.6 Å². The van der Waals surface area contributed by atoms with Gasteiger partial charge in [-0.3, -0.25) is 4.79 Å². The molecule has 2 rings (SSSR count). The lowest BCUT2D eigenvalue weighted by molar-refractivity contribution is 0.0981. The lowest BCUT2D eigenvalue weighted by atomic mass is 10.0. The summed E-state index contributed by atoms with van der Waals surface area (Å²) in [6, 6.07) is 15.6. The summed E-state index contributed by atoms with van der Waals surface area (Å²) in [4.78, 5) is 12.1. The summed E-state index contributed by atoms with van der Waals surface area (Å²) in [5, 5.41) is -0.269. The zero-order valence-corrected chi connectivity index (χ0v) is 11.9. The van der Waals surface area contributed by atoms with Crippen molar-refractivity contribution < 1.29 is 4.79 Å². The first-order chi connectivity index (χ1) is 9.06. The molecule has 2 heteroatoms. The summed E-state index contributed by atoms with van der Waals surface area (Å²) in [5.41, 5.74) is 4.06. The molecule has 0 saturated heterocycles. The maximum atomic E-state index is 12.1. The van der Waals surface area contributed by atoms with E-state index < -0.39 is 0 Å². The molecule has 0 amide bonds. The van der Waals surface area contributed by atoms with Gasteiger partial charge in [0.25, 0.3) is 0 Å². The van der Waals surface area contributed by atoms with Gasteiger partial charge in [-0.05, 0) is 19.4 Å². The number of rotatable bonds is 4. The van der Waals surface area contributed by atoms with E-state index in [0.29, 0.717) is 6.42 Å². The molecule has 0 radical (unpaired) electrons. The minimum absolute atomic E-state index is 0.0839. The second-order valence-corrected chi connectivity index (χ2v) is 5.40. The van der Waals surface area contributed by atoms with Crippen LogP contribution in [0.3, 0.4) is 0 Å². The smallest absolute Gasteiger partial charge is 0.164 e. The zero-order valence-electron chi connectivity index (χ0n) is 11.2. The number of carbonyl (C=O) groups excluding carboxylic acids is 1. The van der Waals surface area contributed by atoms with Crippen molar-refractivity contribution in [1.82, 2.24) is 0 Å². The first-order valence-electron chi connectivity index (χ1n) is 6.37. The van der Waals surface area contributed by atoms with Gasteiger partial charge in [0.1, 0.15) is 0 Å². The van der Waals surface area contributed by atoms with E-state index in [4.69, 9.17) is 11.6 Å². The fraction of sp³-hybridized carbons (Fsp3) is 0.235. The van der Waals surface area contributed by atoms with Crippen LogP contribution in [0.1, 0.15) is 38.8 Å². The van der Waals surface area contributed by atoms with Gasteiger partial charge in [0.2, 0.25) is 0 Å². The summed E-state index contributed by atoms with van der Waals surface area (Å²) < 4.78 is 0. The molecule has 0 aliphatic heterocycles. The van der Waals surface area contributed by atoms with Crippen LogP contribution in [0, 0.1) is 13.8 Å². The van der Waals surface area contributed by atoms with Crippen LogP contribution in [-0.2, 0) is 0 Å². The van der Waals surface area contributed by atoms with Gasteiger partial charge in [-0.25, -0.2) is 0 Å². The van der Waals surface area contributed by atoms with Crippen molar-refractivity contribution in [2.75, 3.05) is 0 Å². The SMILES string of the molecule is Cc1ccc(C(=O)CC(Cl)c2ccc(C)cc2)cc1. The number of Topliss-reactive ketones (excluding diaryl/α,β-unsaturated/α-hetero) is 1. The predicted octanol–water partition coefficient (Wildman–Crippen LogP) is 4.86. The predicted molar refractivity (Wildman–Crippen MR) is 79.9 cm³/mol. The molecule has 0 spiro atoms. The topological polar surface area (TPSA) is 17.1 Å². The Bertz CT molecular complexity index is 555. The molecule has 0 aromatic heterocycles. The number of halogens is 1. The van der Waals surface area contributed by atoms with Crippen molar-refractivity contribution in [2.24, 2.45) is 0 Å². The molecule has 0 N–H and O–H groups in total. The van der Waals surface area contributed by atoms with Crippen LogP contribution in [0.2, 0.25) is 0 Å². The number of alkyl halides is 1.